The minimum Gasteiger partial charge on any atom is -0.507 e. The number of benzene rings is 1. The first-order valence-electron chi connectivity index (χ1n) is 4.34. The van der Waals surface area contributed by atoms with Gasteiger partial charge < -0.3 is 9.52 Å². The monoisotopic (exact) mass is 204 g/mol. The van der Waals surface area contributed by atoms with Crippen LogP contribution in [-0.4, -0.2) is 11.4 Å². The number of hydrogen-bond acceptors (Lipinski definition) is 4. The molecule has 4 heteroatoms. The summed E-state index contributed by atoms with van der Waals surface area (Å²) in [7, 11) is 0. The second kappa shape index (κ2) is 3.24. The van der Waals surface area contributed by atoms with Crippen molar-refractivity contribution in [3.63, 3.8) is 0 Å². The molecule has 1 aromatic heterocycles. The molecule has 0 unspecified atom stereocenters. The molecule has 0 spiro atoms. The molecule has 1 N–H and O–H groups in total. The summed E-state index contributed by atoms with van der Waals surface area (Å²) in [6, 6.07) is 4.13. The first-order chi connectivity index (χ1) is 7.11. The van der Waals surface area contributed by atoms with Crippen LogP contribution in [0.2, 0.25) is 0 Å². The fraction of sp³-hybridized carbons (Fsp3) is 0.0909. The highest BCUT2D eigenvalue weighted by Crippen LogP contribution is 2.23. The van der Waals surface area contributed by atoms with Crippen LogP contribution in [0.4, 0.5) is 0 Å². The van der Waals surface area contributed by atoms with E-state index in [0.29, 0.717) is 6.29 Å². The van der Waals surface area contributed by atoms with Crippen molar-refractivity contribution in [1.29, 1.82) is 0 Å². The van der Waals surface area contributed by atoms with E-state index in [1.165, 1.54) is 6.07 Å². The molecule has 2 rings (SSSR count). The summed E-state index contributed by atoms with van der Waals surface area (Å²) in [6.45, 7) is 1.76. The summed E-state index contributed by atoms with van der Waals surface area (Å²) in [6.07, 6.45) is 0.459. The van der Waals surface area contributed by atoms with Gasteiger partial charge in [0.1, 0.15) is 16.7 Å². The molecule has 0 radical (unpaired) electrons. The highest BCUT2D eigenvalue weighted by Gasteiger charge is 2.09. The maximum absolute atomic E-state index is 11.5. The van der Waals surface area contributed by atoms with Gasteiger partial charge in [0.05, 0.1) is 0 Å². The molecule has 0 aliphatic heterocycles. The number of phenols is 1. The number of phenolic OH excluding ortho intramolecular Hbond substituents is 1. The summed E-state index contributed by atoms with van der Waals surface area (Å²) in [5.74, 6) is -0.173. The van der Waals surface area contributed by atoms with Crippen molar-refractivity contribution in [2.75, 3.05) is 0 Å². The summed E-state index contributed by atoms with van der Waals surface area (Å²) in [5.41, 5.74) is 0.559. The van der Waals surface area contributed by atoms with Crippen molar-refractivity contribution in [1.82, 2.24) is 0 Å². The maximum Gasteiger partial charge on any atom is 0.197 e. The Kier molecular flexibility index (Phi) is 2.04. The number of aryl methyl sites for hydroxylation is 1. The van der Waals surface area contributed by atoms with Crippen molar-refractivity contribution < 1.29 is 14.3 Å². The molecule has 0 amide bonds. The van der Waals surface area contributed by atoms with E-state index in [2.05, 4.69) is 0 Å². The Bertz CT molecular complexity index is 595. The number of carbonyl (C=O) groups excluding carboxylic acids is 1. The van der Waals surface area contributed by atoms with Crippen molar-refractivity contribution in [2.24, 2.45) is 0 Å². The predicted octanol–water partition coefficient (Wildman–Crippen LogP) is 1.62. The second-order valence-corrected chi connectivity index (χ2v) is 3.29. The van der Waals surface area contributed by atoms with E-state index in [4.69, 9.17) is 4.42 Å². The fourth-order valence-corrected chi connectivity index (χ4v) is 1.48. The summed E-state index contributed by atoms with van der Waals surface area (Å²) >= 11 is 0. The van der Waals surface area contributed by atoms with Gasteiger partial charge in [0.15, 0.2) is 17.5 Å². The zero-order valence-electron chi connectivity index (χ0n) is 7.98. The molecule has 0 aliphatic carbocycles. The third-order valence-corrected chi connectivity index (χ3v) is 2.09. The zero-order valence-corrected chi connectivity index (χ0v) is 7.98. The molecular weight excluding hydrogens is 196 g/mol. The van der Waals surface area contributed by atoms with Crippen LogP contribution in [0, 0.1) is 6.92 Å². The summed E-state index contributed by atoms with van der Waals surface area (Å²) < 4.78 is 5.13. The maximum atomic E-state index is 11.5. The first kappa shape index (κ1) is 9.45. The summed E-state index contributed by atoms with van der Waals surface area (Å²) in [5, 5.41) is 9.65. The van der Waals surface area contributed by atoms with E-state index in [-0.39, 0.29) is 22.5 Å². The minimum atomic E-state index is -0.421. The molecule has 0 aliphatic rings. The van der Waals surface area contributed by atoms with Gasteiger partial charge in [-0.3, -0.25) is 9.59 Å². The molecule has 4 nitrogen and oxygen atoms in total. The lowest BCUT2D eigenvalue weighted by molar-refractivity contribution is 0.110. The highest BCUT2D eigenvalue weighted by atomic mass is 16.3. The van der Waals surface area contributed by atoms with Crippen molar-refractivity contribution >= 4 is 17.3 Å². The van der Waals surface area contributed by atoms with Gasteiger partial charge in [-0.1, -0.05) is 0 Å². The Morgan fingerprint density at radius 3 is 2.73 bits per heavy atom. The lowest BCUT2D eigenvalue weighted by atomic mass is 10.1. The Morgan fingerprint density at radius 2 is 2.07 bits per heavy atom. The largest absolute Gasteiger partial charge is 0.507 e. The van der Waals surface area contributed by atoms with Crippen molar-refractivity contribution in [3.05, 3.63) is 39.7 Å². The number of aromatic hydroxyl groups is 1. The van der Waals surface area contributed by atoms with Crippen LogP contribution in [0.25, 0.3) is 11.0 Å². The van der Waals surface area contributed by atoms with E-state index in [0.717, 1.165) is 11.6 Å². The topological polar surface area (TPSA) is 67.5 Å². The van der Waals surface area contributed by atoms with Gasteiger partial charge >= 0.3 is 0 Å². The Labute approximate surface area is 84.8 Å². The smallest absolute Gasteiger partial charge is 0.197 e. The van der Waals surface area contributed by atoms with Crippen LogP contribution >= 0.6 is 0 Å². The van der Waals surface area contributed by atoms with E-state index in [1.54, 1.807) is 13.0 Å². The second-order valence-electron chi connectivity index (χ2n) is 3.29. The SMILES string of the molecule is Cc1cc(O)c2c(=O)cc(C=O)oc2c1. The fourth-order valence-electron chi connectivity index (χ4n) is 1.48. The highest BCUT2D eigenvalue weighted by molar-refractivity contribution is 5.85. The van der Waals surface area contributed by atoms with Gasteiger partial charge in [-0.25, -0.2) is 0 Å². The van der Waals surface area contributed by atoms with E-state index in [1.807, 2.05) is 0 Å². The van der Waals surface area contributed by atoms with Crippen LogP contribution in [-0.2, 0) is 0 Å². The van der Waals surface area contributed by atoms with E-state index in [9.17, 15) is 14.7 Å². The Balaban J connectivity index is 2.97. The standard InChI is InChI=1S/C11H8O4/c1-6-2-8(13)11-9(14)4-7(5-12)15-10(11)3-6/h2-5,13H,1H3. The summed E-state index contributed by atoms with van der Waals surface area (Å²) in [4.78, 5) is 22.0. The third kappa shape index (κ3) is 1.50. The zero-order chi connectivity index (χ0) is 11.0. The van der Waals surface area contributed by atoms with Gasteiger partial charge in [0.2, 0.25) is 0 Å². The Morgan fingerprint density at radius 1 is 1.33 bits per heavy atom. The van der Waals surface area contributed by atoms with Gasteiger partial charge in [-0.05, 0) is 24.6 Å². The normalized spacial score (nSPS) is 10.5. The first-order valence-corrected chi connectivity index (χ1v) is 4.34. The molecule has 0 saturated carbocycles. The van der Waals surface area contributed by atoms with Crippen LogP contribution in [0.5, 0.6) is 5.75 Å². The molecule has 2 aromatic rings. The number of aldehydes is 1. The molecule has 0 bridgehead atoms. The quantitative estimate of drug-likeness (QED) is 0.716. The third-order valence-electron chi connectivity index (χ3n) is 2.09. The van der Waals surface area contributed by atoms with Crippen LogP contribution in [0.15, 0.2) is 27.4 Å². The number of fused-ring (bicyclic) bond motifs is 1. The molecule has 15 heavy (non-hydrogen) atoms. The van der Waals surface area contributed by atoms with Crippen LogP contribution < -0.4 is 5.43 Å². The Hall–Kier alpha value is -2.10. The molecular formula is C11H8O4. The van der Waals surface area contributed by atoms with Crippen LogP contribution in [0.1, 0.15) is 16.1 Å². The predicted molar refractivity (Wildman–Crippen MR) is 54.3 cm³/mol. The molecule has 1 aromatic carbocycles. The number of carbonyl (C=O) groups is 1. The minimum absolute atomic E-state index is 0.0440. The van der Waals surface area contributed by atoms with E-state index < -0.39 is 5.43 Å². The van der Waals surface area contributed by atoms with Gasteiger partial charge in [-0.2, -0.15) is 0 Å². The van der Waals surface area contributed by atoms with Crippen molar-refractivity contribution in [2.45, 2.75) is 6.92 Å². The van der Waals surface area contributed by atoms with Gasteiger partial charge in [0, 0.05) is 6.07 Å². The molecule has 76 valence electrons. The van der Waals surface area contributed by atoms with E-state index >= 15 is 0 Å². The van der Waals surface area contributed by atoms with Crippen molar-refractivity contribution in [3.8, 4) is 5.75 Å². The average molecular weight is 204 g/mol. The molecule has 0 saturated heterocycles. The van der Waals surface area contributed by atoms with Gasteiger partial charge in [-0.15, -0.1) is 0 Å². The molecule has 1 heterocycles. The number of hydrogen-bond donors (Lipinski definition) is 1. The molecule has 0 atom stereocenters. The lowest BCUT2D eigenvalue weighted by Crippen LogP contribution is -2.02. The lowest BCUT2D eigenvalue weighted by Gasteiger charge is -2.01. The van der Waals surface area contributed by atoms with Gasteiger partial charge in [0.25, 0.3) is 0 Å². The number of rotatable bonds is 1. The molecule has 0 fully saturated rings. The van der Waals surface area contributed by atoms with Crippen LogP contribution in [0.3, 0.4) is 0 Å². The average Bonchev–Trinajstić information content (AvgIpc) is 2.15.